The van der Waals surface area contributed by atoms with Gasteiger partial charge in [0.05, 0.1) is 11.5 Å². The molecule has 1 aromatic carbocycles. The van der Waals surface area contributed by atoms with E-state index in [0.29, 0.717) is 19.4 Å². The second-order valence-electron chi connectivity index (χ2n) is 6.56. The number of aromatic nitrogens is 2. The highest BCUT2D eigenvalue weighted by Gasteiger charge is 2.23. The molecule has 0 N–H and O–H groups in total. The first-order valence-corrected chi connectivity index (χ1v) is 9.50. The molecule has 4 rings (SSSR count). The van der Waals surface area contributed by atoms with Gasteiger partial charge in [0.1, 0.15) is 10.7 Å². The Balaban J connectivity index is 1.95. The Labute approximate surface area is 150 Å². The second-order valence-corrected chi connectivity index (χ2v) is 7.64. The lowest BCUT2D eigenvalue weighted by atomic mass is 10.1. The van der Waals surface area contributed by atoms with Crippen LogP contribution in [0.15, 0.2) is 29.1 Å². The van der Waals surface area contributed by atoms with E-state index in [4.69, 9.17) is 10.2 Å². The topological polar surface area (TPSA) is 58.7 Å². The van der Waals surface area contributed by atoms with Crippen LogP contribution in [0.25, 0.3) is 21.6 Å². The van der Waals surface area contributed by atoms with Gasteiger partial charge in [-0.3, -0.25) is 9.36 Å². The zero-order valence-corrected chi connectivity index (χ0v) is 15.0. The predicted molar refractivity (Wildman–Crippen MR) is 101 cm³/mol. The van der Waals surface area contributed by atoms with Crippen LogP contribution < -0.4 is 5.56 Å². The minimum Gasteiger partial charge on any atom is -0.292 e. The van der Waals surface area contributed by atoms with Gasteiger partial charge in [-0.15, -0.1) is 11.3 Å². The molecule has 126 valence electrons. The first-order valence-electron chi connectivity index (χ1n) is 8.68. The van der Waals surface area contributed by atoms with Crippen molar-refractivity contribution >= 4 is 21.6 Å². The molecule has 0 unspecified atom stereocenters. The van der Waals surface area contributed by atoms with Gasteiger partial charge in [-0.2, -0.15) is 5.26 Å². The summed E-state index contributed by atoms with van der Waals surface area (Å²) >= 11 is 1.67. The lowest BCUT2D eigenvalue weighted by molar-refractivity contribution is 0.634. The molecule has 1 aliphatic rings. The maximum Gasteiger partial charge on any atom is 0.262 e. The van der Waals surface area contributed by atoms with Crippen molar-refractivity contribution in [2.75, 3.05) is 0 Å². The molecule has 2 aromatic heterocycles. The molecule has 0 aliphatic heterocycles. The molecular weight excluding hydrogens is 330 g/mol. The van der Waals surface area contributed by atoms with Crippen LogP contribution in [0.5, 0.6) is 0 Å². The predicted octanol–water partition coefficient (Wildman–Crippen LogP) is 4.23. The molecule has 0 saturated heterocycles. The molecule has 25 heavy (non-hydrogen) atoms. The fraction of sp³-hybridized carbons (Fsp3) is 0.350. The molecule has 1 aliphatic carbocycles. The van der Waals surface area contributed by atoms with Gasteiger partial charge in [0.25, 0.3) is 5.56 Å². The van der Waals surface area contributed by atoms with Crippen LogP contribution in [0.3, 0.4) is 0 Å². The lowest BCUT2D eigenvalue weighted by Crippen LogP contribution is -2.23. The van der Waals surface area contributed by atoms with Crippen LogP contribution in [-0.4, -0.2) is 9.55 Å². The Morgan fingerprint density at radius 2 is 2.24 bits per heavy atom. The fourth-order valence-electron chi connectivity index (χ4n) is 3.61. The van der Waals surface area contributed by atoms with Gasteiger partial charge in [0.2, 0.25) is 0 Å². The number of rotatable bonds is 4. The minimum absolute atomic E-state index is 0.0545. The highest BCUT2D eigenvalue weighted by atomic mass is 32.1. The molecule has 0 bridgehead atoms. The normalized spacial score (nSPS) is 13.1. The Morgan fingerprint density at radius 1 is 1.36 bits per heavy atom. The lowest BCUT2D eigenvalue weighted by Gasteiger charge is -2.13. The van der Waals surface area contributed by atoms with Crippen LogP contribution in [0, 0.1) is 18.3 Å². The number of nitriles is 1. The summed E-state index contributed by atoms with van der Waals surface area (Å²) in [6.07, 6.45) is 4.27. The Kier molecular flexibility index (Phi) is 4.14. The van der Waals surface area contributed by atoms with E-state index < -0.39 is 0 Å². The van der Waals surface area contributed by atoms with Crippen LogP contribution in [0.2, 0.25) is 0 Å². The van der Waals surface area contributed by atoms with E-state index in [2.05, 4.69) is 12.1 Å². The van der Waals surface area contributed by atoms with Crippen molar-refractivity contribution in [3.8, 4) is 17.5 Å². The molecule has 4 nitrogen and oxygen atoms in total. The summed E-state index contributed by atoms with van der Waals surface area (Å²) in [5.74, 6) is 0.721. The monoisotopic (exact) mass is 349 g/mol. The maximum atomic E-state index is 13.3. The quantitative estimate of drug-likeness (QED) is 0.662. The van der Waals surface area contributed by atoms with Crippen molar-refractivity contribution < 1.29 is 0 Å². The van der Waals surface area contributed by atoms with Gasteiger partial charge < -0.3 is 0 Å². The number of thiophene rings is 1. The molecule has 0 spiro atoms. The summed E-state index contributed by atoms with van der Waals surface area (Å²) in [7, 11) is 0. The van der Waals surface area contributed by atoms with Gasteiger partial charge in [-0.25, -0.2) is 4.98 Å². The van der Waals surface area contributed by atoms with Crippen molar-refractivity contribution in [2.24, 2.45) is 0 Å². The highest BCUT2D eigenvalue weighted by Crippen LogP contribution is 2.35. The van der Waals surface area contributed by atoms with Gasteiger partial charge in [-0.05, 0) is 44.2 Å². The highest BCUT2D eigenvalue weighted by molar-refractivity contribution is 7.18. The number of hydrogen-bond acceptors (Lipinski definition) is 4. The van der Waals surface area contributed by atoms with E-state index in [1.807, 2.05) is 25.1 Å². The van der Waals surface area contributed by atoms with Gasteiger partial charge in [-0.1, -0.05) is 23.8 Å². The first kappa shape index (κ1) is 16.0. The number of fused-ring (bicyclic) bond motifs is 3. The van der Waals surface area contributed by atoms with Crippen molar-refractivity contribution in [1.29, 1.82) is 5.26 Å². The molecular formula is C20H19N3OS. The van der Waals surface area contributed by atoms with Gasteiger partial charge >= 0.3 is 0 Å². The molecule has 2 heterocycles. The van der Waals surface area contributed by atoms with Crippen LogP contribution in [0.1, 0.15) is 35.3 Å². The van der Waals surface area contributed by atoms with Crippen molar-refractivity contribution in [3.63, 3.8) is 0 Å². The number of nitrogens with zero attached hydrogens (tertiary/aromatic N) is 3. The SMILES string of the molecule is Cc1cccc(-c2nc3sc4c(c3c(=O)n2CCCC#N)CCC4)c1. The van der Waals surface area contributed by atoms with E-state index in [1.54, 1.807) is 15.9 Å². The summed E-state index contributed by atoms with van der Waals surface area (Å²) in [6, 6.07) is 10.3. The third kappa shape index (κ3) is 2.77. The molecule has 5 heteroatoms. The summed E-state index contributed by atoms with van der Waals surface area (Å²) < 4.78 is 1.78. The minimum atomic E-state index is 0.0545. The summed E-state index contributed by atoms with van der Waals surface area (Å²) in [5, 5.41) is 9.66. The summed E-state index contributed by atoms with van der Waals surface area (Å²) in [4.78, 5) is 20.3. The number of hydrogen-bond donors (Lipinski definition) is 0. The standard InChI is InChI=1S/C20H19N3OS/c1-13-6-4-7-14(12-13)18-22-19-17(15-8-5-9-16(15)25-19)20(24)23(18)11-3-2-10-21/h4,6-7,12H,2-3,5,8-9,11H2,1H3. The maximum absolute atomic E-state index is 13.3. The van der Waals surface area contributed by atoms with Crippen LogP contribution in [-0.2, 0) is 19.4 Å². The zero-order chi connectivity index (χ0) is 17.4. The third-order valence-electron chi connectivity index (χ3n) is 4.77. The van der Waals surface area contributed by atoms with E-state index in [-0.39, 0.29) is 5.56 Å². The average Bonchev–Trinajstić information content (AvgIpc) is 3.17. The van der Waals surface area contributed by atoms with Crippen molar-refractivity contribution in [2.45, 2.75) is 45.6 Å². The van der Waals surface area contributed by atoms with E-state index in [1.165, 1.54) is 10.4 Å². The number of benzene rings is 1. The smallest absolute Gasteiger partial charge is 0.262 e. The summed E-state index contributed by atoms with van der Waals surface area (Å²) in [5.41, 5.74) is 3.37. The average molecular weight is 349 g/mol. The molecule has 0 amide bonds. The summed E-state index contributed by atoms with van der Waals surface area (Å²) in [6.45, 7) is 2.57. The third-order valence-corrected chi connectivity index (χ3v) is 5.96. The zero-order valence-electron chi connectivity index (χ0n) is 14.2. The first-order chi connectivity index (χ1) is 12.2. The van der Waals surface area contributed by atoms with E-state index >= 15 is 0 Å². The van der Waals surface area contributed by atoms with Crippen LogP contribution >= 0.6 is 11.3 Å². The largest absolute Gasteiger partial charge is 0.292 e. The van der Waals surface area contributed by atoms with Crippen LogP contribution in [0.4, 0.5) is 0 Å². The number of aryl methyl sites for hydroxylation is 3. The Bertz CT molecular complexity index is 1060. The Morgan fingerprint density at radius 3 is 3.04 bits per heavy atom. The molecule has 0 atom stereocenters. The van der Waals surface area contributed by atoms with Gasteiger partial charge in [0, 0.05) is 23.4 Å². The molecule has 3 aromatic rings. The molecule has 0 radical (unpaired) electrons. The molecule has 0 saturated carbocycles. The fourth-order valence-corrected chi connectivity index (χ4v) is 4.86. The van der Waals surface area contributed by atoms with E-state index in [9.17, 15) is 4.79 Å². The number of unbranched alkanes of at least 4 members (excludes halogenated alkanes) is 1. The Hall–Kier alpha value is -2.45. The second kappa shape index (κ2) is 6.45. The van der Waals surface area contributed by atoms with Crippen molar-refractivity contribution in [1.82, 2.24) is 9.55 Å². The molecule has 0 fully saturated rings. The van der Waals surface area contributed by atoms with Gasteiger partial charge in [0.15, 0.2) is 0 Å². The van der Waals surface area contributed by atoms with Crippen molar-refractivity contribution in [3.05, 3.63) is 50.6 Å². The van der Waals surface area contributed by atoms with E-state index in [0.717, 1.165) is 46.4 Å².